The number of carbonyl (C=O) groups is 1. The summed E-state index contributed by atoms with van der Waals surface area (Å²) in [5.41, 5.74) is 9.42. The van der Waals surface area contributed by atoms with Crippen LogP contribution in [0.1, 0.15) is 56.6 Å². The van der Waals surface area contributed by atoms with Crippen molar-refractivity contribution in [2.75, 3.05) is 18.0 Å². The second-order valence-corrected chi connectivity index (χ2v) is 5.96. The number of hydrogen-bond donors (Lipinski definition) is 1. The van der Waals surface area contributed by atoms with Gasteiger partial charge in [0.15, 0.2) is 0 Å². The number of amides is 1. The number of nitrogens with zero attached hydrogens (tertiary/aromatic N) is 1. The average molecular weight is 288 g/mol. The van der Waals surface area contributed by atoms with Gasteiger partial charge in [-0.1, -0.05) is 25.5 Å². The highest BCUT2D eigenvalue weighted by molar-refractivity contribution is 5.94. The van der Waals surface area contributed by atoms with Gasteiger partial charge in [0.05, 0.1) is 0 Å². The molecule has 2 N–H and O–H groups in total. The minimum atomic E-state index is 0.286. The number of fused-ring (bicyclic) bond motifs is 1. The monoisotopic (exact) mass is 288 g/mol. The molecule has 0 saturated heterocycles. The summed E-state index contributed by atoms with van der Waals surface area (Å²) in [5.74, 6) is 0.286. The molecule has 0 spiro atoms. The second-order valence-electron chi connectivity index (χ2n) is 5.96. The first kappa shape index (κ1) is 16.0. The minimum Gasteiger partial charge on any atom is -0.330 e. The van der Waals surface area contributed by atoms with Crippen molar-refractivity contribution in [2.24, 2.45) is 5.73 Å². The SMILES string of the molecule is CCCCC(=O)N1CCCc2cc(CCCCN)ccc21. The van der Waals surface area contributed by atoms with Gasteiger partial charge in [-0.3, -0.25) is 4.79 Å². The van der Waals surface area contributed by atoms with Gasteiger partial charge in [-0.05, 0) is 62.3 Å². The number of aryl methyl sites for hydroxylation is 2. The predicted octanol–water partition coefficient (Wildman–Crippen LogP) is 3.44. The normalized spacial score (nSPS) is 14.1. The topological polar surface area (TPSA) is 46.3 Å². The van der Waals surface area contributed by atoms with Crippen LogP contribution in [-0.4, -0.2) is 19.0 Å². The summed E-state index contributed by atoms with van der Waals surface area (Å²) in [6, 6.07) is 6.63. The zero-order chi connectivity index (χ0) is 15.1. The fraction of sp³-hybridized carbons (Fsp3) is 0.611. The smallest absolute Gasteiger partial charge is 0.226 e. The maximum atomic E-state index is 12.3. The van der Waals surface area contributed by atoms with Gasteiger partial charge in [-0.15, -0.1) is 0 Å². The fourth-order valence-electron chi connectivity index (χ4n) is 3.00. The van der Waals surface area contributed by atoms with Gasteiger partial charge < -0.3 is 10.6 Å². The third-order valence-corrected chi connectivity index (χ3v) is 4.23. The molecule has 3 nitrogen and oxygen atoms in total. The summed E-state index contributed by atoms with van der Waals surface area (Å²) >= 11 is 0. The van der Waals surface area contributed by atoms with Gasteiger partial charge in [-0.2, -0.15) is 0 Å². The third-order valence-electron chi connectivity index (χ3n) is 4.23. The molecule has 0 bridgehead atoms. The number of benzene rings is 1. The molecule has 116 valence electrons. The zero-order valence-electron chi connectivity index (χ0n) is 13.2. The summed E-state index contributed by atoms with van der Waals surface area (Å²) in [5, 5.41) is 0. The molecule has 0 atom stereocenters. The van der Waals surface area contributed by atoms with Crippen molar-refractivity contribution in [1.29, 1.82) is 0 Å². The van der Waals surface area contributed by atoms with E-state index in [9.17, 15) is 4.79 Å². The van der Waals surface area contributed by atoms with Crippen molar-refractivity contribution in [3.05, 3.63) is 29.3 Å². The maximum Gasteiger partial charge on any atom is 0.226 e. The lowest BCUT2D eigenvalue weighted by Gasteiger charge is -2.30. The Labute approximate surface area is 128 Å². The van der Waals surface area contributed by atoms with Crippen LogP contribution in [0.2, 0.25) is 0 Å². The lowest BCUT2D eigenvalue weighted by Crippen LogP contribution is -2.35. The Morgan fingerprint density at radius 2 is 2.14 bits per heavy atom. The van der Waals surface area contributed by atoms with Crippen LogP contribution in [0.25, 0.3) is 0 Å². The molecule has 1 amide bonds. The van der Waals surface area contributed by atoms with E-state index in [1.54, 1.807) is 0 Å². The Morgan fingerprint density at radius 3 is 2.90 bits per heavy atom. The highest BCUT2D eigenvalue weighted by Crippen LogP contribution is 2.29. The number of rotatable bonds is 7. The fourth-order valence-corrected chi connectivity index (χ4v) is 3.00. The van der Waals surface area contributed by atoms with E-state index < -0.39 is 0 Å². The van der Waals surface area contributed by atoms with Crippen LogP contribution < -0.4 is 10.6 Å². The van der Waals surface area contributed by atoms with E-state index in [4.69, 9.17) is 5.73 Å². The van der Waals surface area contributed by atoms with Crippen LogP contribution in [0, 0.1) is 0 Å². The predicted molar refractivity (Wildman–Crippen MR) is 88.6 cm³/mol. The van der Waals surface area contributed by atoms with Gasteiger partial charge in [0.25, 0.3) is 0 Å². The molecule has 3 heteroatoms. The first-order valence-corrected chi connectivity index (χ1v) is 8.38. The van der Waals surface area contributed by atoms with Crippen LogP contribution in [0.4, 0.5) is 5.69 Å². The van der Waals surface area contributed by atoms with E-state index in [2.05, 4.69) is 25.1 Å². The second kappa shape index (κ2) is 8.18. The number of carbonyl (C=O) groups excluding carboxylic acids is 1. The highest BCUT2D eigenvalue weighted by Gasteiger charge is 2.21. The van der Waals surface area contributed by atoms with Crippen LogP contribution in [0.3, 0.4) is 0 Å². The number of hydrogen-bond acceptors (Lipinski definition) is 2. The number of nitrogens with two attached hydrogens (primary N) is 1. The molecule has 2 rings (SSSR count). The van der Waals surface area contributed by atoms with Crippen LogP contribution in [0.15, 0.2) is 18.2 Å². The molecule has 0 fully saturated rings. The molecule has 21 heavy (non-hydrogen) atoms. The standard InChI is InChI=1S/C18H28N2O/c1-2-3-9-18(21)20-13-6-8-16-14-15(7-4-5-12-19)10-11-17(16)20/h10-11,14H,2-9,12-13,19H2,1H3. The molecule has 1 aromatic carbocycles. The van der Waals surface area contributed by atoms with Crippen LogP contribution in [-0.2, 0) is 17.6 Å². The summed E-state index contributed by atoms with van der Waals surface area (Å²) in [4.78, 5) is 14.3. The number of unbranched alkanes of at least 4 members (excludes halogenated alkanes) is 2. The molecule has 1 aliphatic heterocycles. The quantitative estimate of drug-likeness (QED) is 0.781. The molecule has 0 aromatic heterocycles. The van der Waals surface area contributed by atoms with Crippen molar-refractivity contribution < 1.29 is 4.79 Å². The molecule has 0 aliphatic carbocycles. The molecule has 0 unspecified atom stereocenters. The zero-order valence-corrected chi connectivity index (χ0v) is 13.2. The van der Waals surface area contributed by atoms with E-state index >= 15 is 0 Å². The first-order valence-electron chi connectivity index (χ1n) is 8.38. The first-order chi connectivity index (χ1) is 10.3. The maximum absolute atomic E-state index is 12.3. The summed E-state index contributed by atoms with van der Waals surface area (Å²) < 4.78 is 0. The molecule has 0 radical (unpaired) electrons. The Balaban J connectivity index is 2.07. The van der Waals surface area contributed by atoms with Gasteiger partial charge in [-0.25, -0.2) is 0 Å². The Bertz CT molecular complexity index is 470. The van der Waals surface area contributed by atoms with Crippen molar-refractivity contribution >= 4 is 11.6 Å². The third kappa shape index (κ3) is 4.31. The van der Waals surface area contributed by atoms with E-state index in [0.717, 1.165) is 63.7 Å². The van der Waals surface area contributed by atoms with E-state index in [0.29, 0.717) is 6.42 Å². The van der Waals surface area contributed by atoms with Crippen LogP contribution in [0.5, 0.6) is 0 Å². The summed E-state index contributed by atoms with van der Waals surface area (Å²) in [7, 11) is 0. The van der Waals surface area contributed by atoms with Crippen LogP contribution >= 0.6 is 0 Å². The van der Waals surface area contributed by atoms with Gasteiger partial charge in [0.1, 0.15) is 0 Å². The van der Waals surface area contributed by atoms with Gasteiger partial charge in [0, 0.05) is 18.7 Å². The summed E-state index contributed by atoms with van der Waals surface area (Å²) in [6.07, 6.45) is 8.23. The Kier molecular flexibility index (Phi) is 6.24. The molecule has 1 aliphatic rings. The number of anilines is 1. The molecule has 1 heterocycles. The molecular formula is C18H28N2O. The minimum absolute atomic E-state index is 0.286. The summed E-state index contributed by atoms with van der Waals surface area (Å²) in [6.45, 7) is 3.78. The van der Waals surface area contributed by atoms with E-state index in [-0.39, 0.29) is 5.91 Å². The van der Waals surface area contributed by atoms with E-state index in [1.807, 2.05) is 4.90 Å². The molecular weight excluding hydrogens is 260 g/mol. The lowest BCUT2D eigenvalue weighted by molar-refractivity contribution is -0.118. The molecule has 1 aromatic rings. The van der Waals surface area contributed by atoms with Crippen molar-refractivity contribution in [1.82, 2.24) is 0 Å². The Morgan fingerprint density at radius 1 is 1.29 bits per heavy atom. The lowest BCUT2D eigenvalue weighted by atomic mass is 9.97. The highest BCUT2D eigenvalue weighted by atomic mass is 16.2. The largest absolute Gasteiger partial charge is 0.330 e. The average Bonchev–Trinajstić information content (AvgIpc) is 2.52. The van der Waals surface area contributed by atoms with Crippen molar-refractivity contribution in [3.63, 3.8) is 0 Å². The van der Waals surface area contributed by atoms with Crippen molar-refractivity contribution in [2.45, 2.75) is 58.3 Å². The molecule has 0 saturated carbocycles. The van der Waals surface area contributed by atoms with E-state index in [1.165, 1.54) is 11.1 Å². The van der Waals surface area contributed by atoms with Gasteiger partial charge >= 0.3 is 0 Å². The van der Waals surface area contributed by atoms with Crippen molar-refractivity contribution in [3.8, 4) is 0 Å². The van der Waals surface area contributed by atoms with Gasteiger partial charge in [0.2, 0.25) is 5.91 Å². The Hall–Kier alpha value is -1.35.